The van der Waals surface area contributed by atoms with Gasteiger partial charge < -0.3 is 10.5 Å². The van der Waals surface area contributed by atoms with E-state index >= 15 is 0 Å². The molecule has 7 heteroatoms. The standard InChI is InChI=1S/C21H22ClN3O3/c1-13(11-12-28-21(27)15-7-4-3-5-8-15)25-19(14(2)23)24-17-10-6-9-16(22)18(17)20(25)26/h3-10,13-14H,11-12,23H2,1-2H3/t13?,14-/m0/s1. The fourth-order valence-electron chi connectivity index (χ4n) is 3.08. The number of nitrogens with two attached hydrogens (primary N) is 1. The number of esters is 1. The van der Waals surface area contributed by atoms with Gasteiger partial charge >= 0.3 is 5.97 Å². The van der Waals surface area contributed by atoms with E-state index in [1.54, 1.807) is 54.0 Å². The molecule has 2 aromatic carbocycles. The topological polar surface area (TPSA) is 87.2 Å². The molecule has 28 heavy (non-hydrogen) atoms. The van der Waals surface area contributed by atoms with Gasteiger partial charge in [-0.1, -0.05) is 35.9 Å². The summed E-state index contributed by atoms with van der Waals surface area (Å²) in [5, 5.41) is 0.712. The van der Waals surface area contributed by atoms with Gasteiger partial charge in [0.2, 0.25) is 0 Å². The Balaban J connectivity index is 1.84. The second kappa shape index (κ2) is 8.54. The maximum atomic E-state index is 13.1. The first-order valence-electron chi connectivity index (χ1n) is 9.08. The molecule has 0 fully saturated rings. The Bertz CT molecular complexity index is 1050. The van der Waals surface area contributed by atoms with Crippen molar-refractivity contribution in [2.24, 2.45) is 5.73 Å². The van der Waals surface area contributed by atoms with Gasteiger partial charge in [-0.3, -0.25) is 9.36 Å². The average molecular weight is 400 g/mol. The van der Waals surface area contributed by atoms with Crippen molar-refractivity contribution in [3.05, 3.63) is 75.3 Å². The zero-order valence-corrected chi connectivity index (χ0v) is 16.5. The van der Waals surface area contributed by atoms with Crippen LogP contribution in [0, 0.1) is 0 Å². The van der Waals surface area contributed by atoms with Gasteiger partial charge in [0.05, 0.1) is 34.1 Å². The van der Waals surface area contributed by atoms with Crippen molar-refractivity contribution < 1.29 is 9.53 Å². The lowest BCUT2D eigenvalue weighted by atomic mass is 10.1. The third kappa shape index (κ3) is 4.08. The SMILES string of the molecule is CC(CCOC(=O)c1ccccc1)n1c([C@H](C)N)nc2cccc(Cl)c2c1=O. The lowest BCUT2D eigenvalue weighted by molar-refractivity contribution is 0.0486. The Hall–Kier alpha value is -2.70. The first-order chi connectivity index (χ1) is 13.4. The number of nitrogens with zero attached hydrogens (tertiary/aromatic N) is 2. The molecule has 1 aromatic heterocycles. The van der Waals surface area contributed by atoms with Crippen molar-refractivity contribution in [1.82, 2.24) is 9.55 Å². The van der Waals surface area contributed by atoms with Crippen LogP contribution in [0.3, 0.4) is 0 Å². The molecule has 0 saturated heterocycles. The van der Waals surface area contributed by atoms with Crippen LogP contribution < -0.4 is 11.3 Å². The first-order valence-corrected chi connectivity index (χ1v) is 9.46. The summed E-state index contributed by atoms with van der Waals surface area (Å²) in [6, 6.07) is 13.2. The number of carbonyl (C=O) groups is 1. The van der Waals surface area contributed by atoms with E-state index in [0.29, 0.717) is 33.7 Å². The lowest BCUT2D eigenvalue weighted by Gasteiger charge is -2.22. The van der Waals surface area contributed by atoms with Crippen molar-refractivity contribution in [2.45, 2.75) is 32.4 Å². The molecule has 3 rings (SSSR count). The fraction of sp³-hybridized carbons (Fsp3) is 0.286. The summed E-state index contributed by atoms with van der Waals surface area (Å²) in [6.45, 7) is 3.81. The van der Waals surface area contributed by atoms with Gasteiger partial charge in [-0.15, -0.1) is 0 Å². The van der Waals surface area contributed by atoms with E-state index in [4.69, 9.17) is 22.1 Å². The first kappa shape index (κ1) is 20.0. The van der Waals surface area contributed by atoms with E-state index in [-0.39, 0.29) is 18.2 Å². The maximum absolute atomic E-state index is 13.1. The van der Waals surface area contributed by atoms with Gasteiger partial charge in [-0.2, -0.15) is 0 Å². The Morgan fingerprint density at radius 3 is 2.57 bits per heavy atom. The number of rotatable bonds is 6. The van der Waals surface area contributed by atoms with Crippen molar-refractivity contribution >= 4 is 28.5 Å². The van der Waals surface area contributed by atoms with E-state index in [2.05, 4.69) is 4.98 Å². The lowest BCUT2D eigenvalue weighted by Crippen LogP contribution is -2.31. The number of aromatic nitrogens is 2. The Morgan fingerprint density at radius 2 is 1.89 bits per heavy atom. The monoisotopic (exact) mass is 399 g/mol. The number of halogens is 1. The number of benzene rings is 2. The molecule has 0 bridgehead atoms. The van der Waals surface area contributed by atoms with Crippen LogP contribution in [0.15, 0.2) is 53.3 Å². The largest absolute Gasteiger partial charge is 0.462 e. The molecule has 0 aliphatic carbocycles. The molecule has 0 saturated carbocycles. The summed E-state index contributed by atoms with van der Waals surface area (Å²) in [4.78, 5) is 29.7. The highest BCUT2D eigenvalue weighted by atomic mass is 35.5. The smallest absolute Gasteiger partial charge is 0.338 e. The van der Waals surface area contributed by atoms with Crippen LogP contribution in [-0.4, -0.2) is 22.1 Å². The van der Waals surface area contributed by atoms with Crippen LogP contribution in [0.2, 0.25) is 5.02 Å². The van der Waals surface area contributed by atoms with Gasteiger partial charge in [-0.25, -0.2) is 9.78 Å². The summed E-state index contributed by atoms with van der Waals surface area (Å²) < 4.78 is 6.89. The number of hydrogen-bond acceptors (Lipinski definition) is 5. The minimum atomic E-state index is -0.439. The molecular weight excluding hydrogens is 378 g/mol. The molecular formula is C21H22ClN3O3. The molecule has 3 aromatic rings. The Morgan fingerprint density at radius 1 is 1.18 bits per heavy atom. The zero-order chi connectivity index (χ0) is 20.3. The molecule has 0 aliphatic heterocycles. The molecule has 2 N–H and O–H groups in total. The van der Waals surface area contributed by atoms with Gasteiger partial charge in [0, 0.05) is 12.5 Å². The molecule has 0 radical (unpaired) electrons. The van der Waals surface area contributed by atoms with E-state index in [1.807, 2.05) is 13.0 Å². The third-order valence-corrected chi connectivity index (χ3v) is 4.85. The third-order valence-electron chi connectivity index (χ3n) is 4.53. The quantitative estimate of drug-likeness (QED) is 0.635. The van der Waals surface area contributed by atoms with Crippen LogP contribution >= 0.6 is 11.6 Å². The van der Waals surface area contributed by atoms with Gasteiger partial charge in [0.25, 0.3) is 5.56 Å². The molecule has 0 aliphatic rings. The summed E-state index contributed by atoms with van der Waals surface area (Å²) in [6.07, 6.45) is 0.440. The van der Waals surface area contributed by atoms with Crippen LogP contribution in [-0.2, 0) is 4.74 Å². The average Bonchev–Trinajstić information content (AvgIpc) is 2.68. The normalized spacial score (nSPS) is 13.3. The Kier molecular flexibility index (Phi) is 6.11. The van der Waals surface area contributed by atoms with Gasteiger partial charge in [0.1, 0.15) is 5.82 Å². The predicted octanol–water partition coefficient (Wildman–Crippen LogP) is 3.88. The summed E-state index contributed by atoms with van der Waals surface area (Å²) in [5.74, 6) is 0.0777. The zero-order valence-electron chi connectivity index (χ0n) is 15.8. The predicted molar refractivity (Wildman–Crippen MR) is 110 cm³/mol. The molecule has 146 valence electrons. The van der Waals surface area contributed by atoms with Gasteiger partial charge in [-0.05, 0) is 38.1 Å². The highest BCUT2D eigenvalue weighted by Crippen LogP contribution is 2.23. The van der Waals surface area contributed by atoms with Crippen LogP contribution in [0.25, 0.3) is 10.9 Å². The number of hydrogen-bond donors (Lipinski definition) is 1. The molecule has 6 nitrogen and oxygen atoms in total. The second-order valence-corrected chi connectivity index (χ2v) is 7.11. The second-order valence-electron chi connectivity index (χ2n) is 6.71. The minimum Gasteiger partial charge on any atom is -0.462 e. The van der Waals surface area contributed by atoms with E-state index < -0.39 is 12.0 Å². The molecule has 0 spiro atoms. The number of carbonyl (C=O) groups excluding carboxylic acids is 1. The van der Waals surface area contributed by atoms with Gasteiger partial charge in [0.15, 0.2) is 0 Å². The van der Waals surface area contributed by atoms with E-state index in [1.165, 1.54) is 0 Å². The Labute approximate surface area is 167 Å². The van der Waals surface area contributed by atoms with Crippen LogP contribution in [0.5, 0.6) is 0 Å². The summed E-state index contributed by atoms with van der Waals surface area (Å²) in [7, 11) is 0. The van der Waals surface area contributed by atoms with E-state index in [0.717, 1.165) is 0 Å². The van der Waals surface area contributed by atoms with Crippen molar-refractivity contribution in [3.8, 4) is 0 Å². The van der Waals surface area contributed by atoms with Crippen molar-refractivity contribution in [1.29, 1.82) is 0 Å². The van der Waals surface area contributed by atoms with Crippen LogP contribution in [0.1, 0.15) is 48.5 Å². The molecule has 1 unspecified atom stereocenters. The van der Waals surface area contributed by atoms with Crippen molar-refractivity contribution in [3.63, 3.8) is 0 Å². The molecule has 1 heterocycles. The molecule has 0 amide bonds. The highest BCUT2D eigenvalue weighted by Gasteiger charge is 2.20. The van der Waals surface area contributed by atoms with Crippen LogP contribution in [0.4, 0.5) is 0 Å². The maximum Gasteiger partial charge on any atom is 0.338 e. The van der Waals surface area contributed by atoms with E-state index in [9.17, 15) is 9.59 Å². The summed E-state index contributed by atoms with van der Waals surface area (Å²) >= 11 is 6.23. The minimum absolute atomic E-state index is 0.167. The van der Waals surface area contributed by atoms with Crippen molar-refractivity contribution in [2.75, 3.05) is 6.61 Å². The highest BCUT2D eigenvalue weighted by molar-refractivity contribution is 6.35. The number of ether oxygens (including phenoxy) is 1. The summed E-state index contributed by atoms with van der Waals surface area (Å²) in [5.41, 5.74) is 6.82. The fourth-order valence-corrected chi connectivity index (χ4v) is 3.33. The molecule has 2 atom stereocenters. The number of fused-ring (bicyclic) bond motifs is 1.